The monoisotopic (exact) mass is 280 g/mol. The lowest BCUT2D eigenvalue weighted by molar-refractivity contribution is 0.722. The molecular weight excluding hydrogens is 264 g/mol. The Bertz CT molecular complexity index is 554. The van der Waals surface area contributed by atoms with Gasteiger partial charge in [0, 0.05) is 24.1 Å². The van der Waals surface area contributed by atoms with Gasteiger partial charge < -0.3 is 10.6 Å². The third-order valence-corrected chi connectivity index (χ3v) is 5.39. The first kappa shape index (κ1) is 12.0. The molecule has 0 radical (unpaired) electrons. The smallest absolute Gasteiger partial charge is 0.223 e. The fourth-order valence-corrected chi connectivity index (χ4v) is 4.20. The van der Waals surface area contributed by atoms with Crippen LogP contribution in [0, 0.1) is 0 Å². The number of nitrogen functional groups attached to an aromatic ring is 1. The maximum absolute atomic E-state index is 5.81. The standard InChI is InChI=1S/C12H16N4S2/c1-2-8-7-16(4-6-17-8)10-9-3-5-18-11(9)15-12(13)14-10/h3,5,8H,2,4,6-7H2,1H3,(H2,13,14,15). The lowest BCUT2D eigenvalue weighted by Crippen LogP contribution is -2.38. The number of fused-ring (bicyclic) bond motifs is 1. The van der Waals surface area contributed by atoms with Gasteiger partial charge in [0.15, 0.2) is 0 Å². The Hall–Kier alpha value is -1.01. The lowest BCUT2D eigenvalue weighted by atomic mass is 10.2. The Kier molecular flexibility index (Phi) is 3.30. The van der Waals surface area contributed by atoms with Crippen LogP contribution in [0.1, 0.15) is 13.3 Å². The fraction of sp³-hybridized carbons (Fsp3) is 0.500. The third-order valence-electron chi connectivity index (χ3n) is 3.22. The number of thiophene rings is 1. The molecule has 0 saturated carbocycles. The van der Waals surface area contributed by atoms with E-state index in [1.807, 2.05) is 0 Å². The van der Waals surface area contributed by atoms with E-state index in [4.69, 9.17) is 5.73 Å². The Labute approximate surface area is 115 Å². The highest BCUT2D eigenvalue weighted by atomic mass is 32.2. The molecule has 0 aliphatic carbocycles. The van der Waals surface area contributed by atoms with Gasteiger partial charge in [-0.2, -0.15) is 16.7 Å². The van der Waals surface area contributed by atoms with E-state index in [9.17, 15) is 0 Å². The van der Waals surface area contributed by atoms with Crippen molar-refractivity contribution in [1.29, 1.82) is 0 Å². The molecule has 2 N–H and O–H groups in total. The second kappa shape index (κ2) is 4.93. The molecule has 1 aliphatic rings. The molecule has 96 valence electrons. The van der Waals surface area contributed by atoms with Gasteiger partial charge in [0.05, 0.1) is 5.39 Å². The summed E-state index contributed by atoms with van der Waals surface area (Å²) in [7, 11) is 0. The van der Waals surface area contributed by atoms with E-state index in [2.05, 4.69) is 45.0 Å². The summed E-state index contributed by atoms with van der Waals surface area (Å²) < 4.78 is 0. The third kappa shape index (κ3) is 2.14. The highest BCUT2D eigenvalue weighted by Crippen LogP contribution is 2.31. The van der Waals surface area contributed by atoms with Crippen molar-refractivity contribution in [2.75, 3.05) is 29.5 Å². The minimum atomic E-state index is 0.381. The molecule has 1 atom stereocenters. The van der Waals surface area contributed by atoms with Gasteiger partial charge in [-0.25, -0.2) is 4.98 Å². The van der Waals surface area contributed by atoms with Crippen LogP contribution in [0.25, 0.3) is 10.2 Å². The van der Waals surface area contributed by atoms with E-state index < -0.39 is 0 Å². The number of anilines is 2. The first-order valence-corrected chi connectivity index (χ1v) is 8.08. The lowest BCUT2D eigenvalue weighted by Gasteiger charge is -2.33. The van der Waals surface area contributed by atoms with Gasteiger partial charge in [0.2, 0.25) is 5.95 Å². The zero-order valence-electron chi connectivity index (χ0n) is 10.3. The Balaban J connectivity index is 2.00. The summed E-state index contributed by atoms with van der Waals surface area (Å²) >= 11 is 3.68. The molecule has 0 aromatic carbocycles. The van der Waals surface area contributed by atoms with Crippen molar-refractivity contribution in [2.45, 2.75) is 18.6 Å². The highest BCUT2D eigenvalue weighted by molar-refractivity contribution is 8.00. The number of nitrogens with zero attached hydrogens (tertiary/aromatic N) is 3. The summed E-state index contributed by atoms with van der Waals surface area (Å²) in [5.74, 6) is 2.55. The van der Waals surface area contributed by atoms with Gasteiger partial charge in [0.25, 0.3) is 0 Å². The van der Waals surface area contributed by atoms with Gasteiger partial charge in [-0.05, 0) is 17.9 Å². The number of thioether (sulfide) groups is 1. The summed E-state index contributed by atoms with van der Waals surface area (Å²) in [6.45, 7) is 4.35. The number of aromatic nitrogens is 2. The minimum absolute atomic E-state index is 0.381. The highest BCUT2D eigenvalue weighted by Gasteiger charge is 2.22. The molecule has 1 aliphatic heterocycles. The van der Waals surface area contributed by atoms with Gasteiger partial charge in [-0.3, -0.25) is 0 Å². The maximum Gasteiger partial charge on any atom is 0.223 e. The fourth-order valence-electron chi connectivity index (χ4n) is 2.26. The van der Waals surface area contributed by atoms with Crippen molar-refractivity contribution in [2.24, 2.45) is 0 Å². The summed E-state index contributed by atoms with van der Waals surface area (Å²) in [6, 6.07) is 2.09. The summed E-state index contributed by atoms with van der Waals surface area (Å²) in [5.41, 5.74) is 5.81. The van der Waals surface area contributed by atoms with Crippen LogP contribution in [0.5, 0.6) is 0 Å². The summed E-state index contributed by atoms with van der Waals surface area (Å²) in [4.78, 5) is 12.1. The van der Waals surface area contributed by atoms with Crippen molar-refractivity contribution in [3.05, 3.63) is 11.4 Å². The predicted molar refractivity (Wildman–Crippen MR) is 80.6 cm³/mol. The maximum atomic E-state index is 5.81. The molecular formula is C12H16N4S2. The molecule has 6 heteroatoms. The Morgan fingerprint density at radius 1 is 1.50 bits per heavy atom. The van der Waals surface area contributed by atoms with Crippen LogP contribution >= 0.6 is 23.1 Å². The second-order valence-electron chi connectivity index (χ2n) is 4.39. The zero-order valence-corrected chi connectivity index (χ0v) is 11.9. The average Bonchev–Trinajstić information content (AvgIpc) is 2.85. The molecule has 1 unspecified atom stereocenters. The van der Waals surface area contributed by atoms with E-state index in [0.29, 0.717) is 11.2 Å². The van der Waals surface area contributed by atoms with Crippen molar-refractivity contribution in [1.82, 2.24) is 9.97 Å². The van der Waals surface area contributed by atoms with Gasteiger partial charge in [-0.15, -0.1) is 11.3 Å². The van der Waals surface area contributed by atoms with Crippen LogP contribution in [-0.4, -0.2) is 34.1 Å². The largest absolute Gasteiger partial charge is 0.368 e. The second-order valence-corrected chi connectivity index (χ2v) is 6.69. The van der Waals surface area contributed by atoms with E-state index in [1.54, 1.807) is 11.3 Å². The summed E-state index contributed by atoms with van der Waals surface area (Å²) in [5, 5.41) is 3.89. The number of hydrogen-bond donors (Lipinski definition) is 1. The van der Waals surface area contributed by atoms with Crippen LogP contribution in [-0.2, 0) is 0 Å². The van der Waals surface area contributed by atoms with Crippen LogP contribution < -0.4 is 10.6 Å². The first-order valence-electron chi connectivity index (χ1n) is 6.15. The van der Waals surface area contributed by atoms with Crippen molar-refractivity contribution in [3.8, 4) is 0 Å². The van der Waals surface area contributed by atoms with Crippen LogP contribution in [0.3, 0.4) is 0 Å². The van der Waals surface area contributed by atoms with E-state index in [0.717, 1.165) is 34.9 Å². The summed E-state index contributed by atoms with van der Waals surface area (Å²) in [6.07, 6.45) is 1.20. The Morgan fingerprint density at radius 3 is 3.22 bits per heavy atom. The van der Waals surface area contributed by atoms with Gasteiger partial charge >= 0.3 is 0 Å². The van der Waals surface area contributed by atoms with Crippen molar-refractivity contribution >= 4 is 45.1 Å². The molecule has 2 aromatic rings. The van der Waals surface area contributed by atoms with E-state index in [-0.39, 0.29) is 0 Å². The molecule has 18 heavy (non-hydrogen) atoms. The number of nitrogens with two attached hydrogens (primary N) is 1. The number of hydrogen-bond acceptors (Lipinski definition) is 6. The SMILES string of the molecule is CCC1CN(c2nc(N)nc3sccc23)CCS1. The number of rotatable bonds is 2. The topological polar surface area (TPSA) is 55.0 Å². The quantitative estimate of drug-likeness (QED) is 0.916. The van der Waals surface area contributed by atoms with Crippen LogP contribution in [0.2, 0.25) is 0 Å². The van der Waals surface area contributed by atoms with Crippen LogP contribution in [0.15, 0.2) is 11.4 Å². The van der Waals surface area contributed by atoms with Crippen molar-refractivity contribution in [3.63, 3.8) is 0 Å². The van der Waals surface area contributed by atoms with Gasteiger partial charge in [0.1, 0.15) is 10.6 Å². The first-order chi connectivity index (χ1) is 8.78. The predicted octanol–water partition coefficient (Wildman–Crippen LogP) is 2.61. The van der Waals surface area contributed by atoms with E-state index >= 15 is 0 Å². The molecule has 0 spiro atoms. The molecule has 2 aromatic heterocycles. The molecule has 0 bridgehead atoms. The van der Waals surface area contributed by atoms with E-state index in [1.165, 1.54) is 6.42 Å². The molecule has 1 fully saturated rings. The molecule has 0 amide bonds. The molecule has 3 heterocycles. The Morgan fingerprint density at radius 2 is 2.39 bits per heavy atom. The minimum Gasteiger partial charge on any atom is -0.368 e. The van der Waals surface area contributed by atoms with Crippen LogP contribution in [0.4, 0.5) is 11.8 Å². The molecule has 4 nitrogen and oxygen atoms in total. The average molecular weight is 280 g/mol. The molecule has 1 saturated heterocycles. The zero-order chi connectivity index (χ0) is 12.5. The molecule has 3 rings (SSSR count). The van der Waals surface area contributed by atoms with Crippen molar-refractivity contribution < 1.29 is 0 Å². The van der Waals surface area contributed by atoms with Gasteiger partial charge in [-0.1, -0.05) is 6.92 Å². The normalized spacial score (nSPS) is 20.5.